The number of nitrogens with two attached hydrogens (primary N) is 1. The fourth-order valence-electron chi connectivity index (χ4n) is 2.01. The van der Waals surface area contributed by atoms with Crippen LogP contribution in [0.5, 0.6) is 0 Å². The molecule has 2 N–H and O–H groups in total. The molecule has 0 amide bonds. The molecule has 0 saturated carbocycles. The molecule has 2 rings (SSSR count). The second kappa shape index (κ2) is 4.09. The predicted octanol–water partition coefficient (Wildman–Crippen LogP) is 2.53. The highest BCUT2D eigenvalue weighted by atomic mass is 19.4. The van der Waals surface area contributed by atoms with Crippen molar-refractivity contribution >= 4 is 11.6 Å². The Labute approximate surface area is 97.4 Å². The molecule has 0 spiro atoms. The lowest BCUT2D eigenvalue weighted by Gasteiger charge is -2.19. The number of halogens is 3. The minimum atomic E-state index is -4.38. The van der Waals surface area contributed by atoms with Crippen molar-refractivity contribution in [3.05, 3.63) is 17.7 Å². The smallest absolute Gasteiger partial charge is 0.384 e. The van der Waals surface area contributed by atoms with Gasteiger partial charge in [-0.25, -0.2) is 4.98 Å². The molecule has 1 unspecified atom stereocenters. The van der Waals surface area contributed by atoms with Crippen LogP contribution < -0.4 is 10.6 Å². The summed E-state index contributed by atoms with van der Waals surface area (Å²) in [5.74, 6) is 0.712. The molecule has 3 nitrogen and oxygen atoms in total. The van der Waals surface area contributed by atoms with E-state index in [1.165, 1.54) is 0 Å². The zero-order chi connectivity index (χ0) is 12.6. The zero-order valence-corrected chi connectivity index (χ0v) is 9.46. The van der Waals surface area contributed by atoms with Crippen LogP contribution in [0.4, 0.5) is 24.8 Å². The summed E-state index contributed by atoms with van der Waals surface area (Å²) >= 11 is 0. The van der Waals surface area contributed by atoms with Gasteiger partial charge < -0.3 is 10.6 Å². The number of pyridine rings is 1. The first-order valence-electron chi connectivity index (χ1n) is 5.46. The second-order valence-electron chi connectivity index (χ2n) is 4.48. The Balaban J connectivity index is 2.32. The monoisotopic (exact) mass is 245 g/mol. The first-order chi connectivity index (χ1) is 7.86. The van der Waals surface area contributed by atoms with E-state index in [0.29, 0.717) is 11.7 Å². The number of rotatable bonds is 1. The number of aromatic nitrogens is 1. The summed E-state index contributed by atoms with van der Waals surface area (Å²) in [5, 5.41) is 0. The molecule has 1 aliphatic rings. The molecule has 6 heteroatoms. The van der Waals surface area contributed by atoms with Crippen molar-refractivity contribution in [1.82, 2.24) is 4.98 Å². The van der Waals surface area contributed by atoms with Crippen LogP contribution in [0, 0.1) is 5.92 Å². The molecule has 1 aromatic rings. The van der Waals surface area contributed by atoms with Gasteiger partial charge in [0.2, 0.25) is 0 Å². The summed E-state index contributed by atoms with van der Waals surface area (Å²) in [6.07, 6.45) is -3.41. The molecule has 2 heterocycles. The highest BCUT2D eigenvalue weighted by Gasteiger charge is 2.32. The van der Waals surface area contributed by atoms with E-state index in [0.717, 1.165) is 31.6 Å². The van der Waals surface area contributed by atoms with Crippen molar-refractivity contribution in [3.8, 4) is 0 Å². The standard InChI is InChI=1S/C11H14F3N3/c1-7-2-3-17(6-7)10-5-8(11(12,13)14)4-9(15)16-10/h4-5,7H,2-3,6H2,1H3,(H2,15,16). The number of nitrogens with zero attached hydrogens (tertiary/aromatic N) is 2. The second-order valence-corrected chi connectivity index (χ2v) is 4.48. The quantitative estimate of drug-likeness (QED) is 0.826. The van der Waals surface area contributed by atoms with Gasteiger partial charge in [0.15, 0.2) is 0 Å². The molecule has 0 aliphatic carbocycles. The summed E-state index contributed by atoms with van der Waals surface area (Å²) in [7, 11) is 0. The van der Waals surface area contributed by atoms with Gasteiger partial charge in [0.1, 0.15) is 11.6 Å². The van der Waals surface area contributed by atoms with Gasteiger partial charge in [-0.2, -0.15) is 13.2 Å². The van der Waals surface area contributed by atoms with Gasteiger partial charge in [0.25, 0.3) is 0 Å². The van der Waals surface area contributed by atoms with Crippen molar-refractivity contribution < 1.29 is 13.2 Å². The molecule has 17 heavy (non-hydrogen) atoms. The van der Waals surface area contributed by atoms with Crippen molar-refractivity contribution in [2.45, 2.75) is 19.5 Å². The molecule has 1 fully saturated rings. The van der Waals surface area contributed by atoms with Crippen LogP contribution in [0.2, 0.25) is 0 Å². The molecule has 0 radical (unpaired) electrons. The first kappa shape index (κ1) is 12.0. The third kappa shape index (κ3) is 2.62. The highest BCUT2D eigenvalue weighted by Crippen LogP contribution is 2.33. The molecule has 0 aromatic carbocycles. The minimum absolute atomic E-state index is 0.0885. The van der Waals surface area contributed by atoms with Gasteiger partial charge in [-0.1, -0.05) is 6.92 Å². The number of alkyl halides is 3. The Morgan fingerprint density at radius 1 is 1.41 bits per heavy atom. The van der Waals surface area contributed by atoms with Crippen LogP contribution in [-0.4, -0.2) is 18.1 Å². The zero-order valence-electron chi connectivity index (χ0n) is 9.46. The molecule has 1 aromatic heterocycles. The molecule has 1 atom stereocenters. The lowest BCUT2D eigenvalue weighted by molar-refractivity contribution is -0.137. The maximum Gasteiger partial charge on any atom is 0.416 e. The Morgan fingerprint density at radius 2 is 2.12 bits per heavy atom. The van der Waals surface area contributed by atoms with Crippen LogP contribution in [0.25, 0.3) is 0 Å². The number of nitrogen functional groups attached to an aromatic ring is 1. The van der Waals surface area contributed by atoms with E-state index in [4.69, 9.17) is 5.73 Å². The number of hydrogen-bond acceptors (Lipinski definition) is 3. The summed E-state index contributed by atoms with van der Waals surface area (Å²) in [6, 6.07) is 1.93. The molecule has 1 aliphatic heterocycles. The average Bonchev–Trinajstić information content (AvgIpc) is 2.62. The molecular weight excluding hydrogens is 231 g/mol. The van der Waals surface area contributed by atoms with Crippen molar-refractivity contribution in [2.24, 2.45) is 5.92 Å². The topological polar surface area (TPSA) is 42.1 Å². The van der Waals surface area contributed by atoms with E-state index in [1.807, 2.05) is 4.90 Å². The van der Waals surface area contributed by atoms with E-state index in [-0.39, 0.29) is 5.82 Å². The Kier molecular flexibility index (Phi) is 2.89. The van der Waals surface area contributed by atoms with E-state index >= 15 is 0 Å². The van der Waals surface area contributed by atoms with Crippen LogP contribution in [0.15, 0.2) is 12.1 Å². The van der Waals surface area contributed by atoms with Crippen molar-refractivity contribution in [1.29, 1.82) is 0 Å². The van der Waals surface area contributed by atoms with E-state index in [2.05, 4.69) is 11.9 Å². The maximum absolute atomic E-state index is 12.6. The Hall–Kier alpha value is -1.46. The van der Waals surface area contributed by atoms with Crippen molar-refractivity contribution in [3.63, 3.8) is 0 Å². The lowest BCUT2D eigenvalue weighted by Crippen LogP contribution is -2.21. The normalized spacial score (nSPS) is 20.9. The summed E-state index contributed by atoms with van der Waals surface area (Å²) in [6.45, 7) is 3.53. The molecular formula is C11H14F3N3. The van der Waals surface area contributed by atoms with Crippen molar-refractivity contribution in [2.75, 3.05) is 23.7 Å². The van der Waals surface area contributed by atoms with E-state index in [1.54, 1.807) is 0 Å². The Bertz CT molecular complexity index is 417. The SMILES string of the molecule is CC1CCN(c2cc(C(F)(F)F)cc(N)n2)C1. The third-order valence-corrected chi connectivity index (χ3v) is 2.91. The van der Waals surface area contributed by atoms with Crippen LogP contribution in [0.3, 0.4) is 0 Å². The van der Waals surface area contributed by atoms with E-state index < -0.39 is 11.7 Å². The van der Waals surface area contributed by atoms with Crippen LogP contribution >= 0.6 is 0 Å². The van der Waals surface area contributed by atoms with Gasteiger partial charge in [0.05, 0.1) is 5.56 Å². The van der Waals surface area contributed by atoms with Gasteiger partial charge in [-0.05, 0) is 24.5 Å². The largest absolute Gasteiger partial charge is 0.416 e. The molecule has 1 saturated heterocycles. The third-order valence-electron chi connectivity index (χ3n) is 2.91. The summed E-state index contributed by atoms with van der Waals surface area (Å²) < 4.78 is 37.8. The Morgan fingerprint density at radius 3 is 2.65 bits per heavy atom. The fraction of sp³-hybridized carbons (Fsp3) is 0.545. The van der Waals surface area contributed by atoms with Gasteiger partial charge in [-0.3, -0.25) is 0 Å². The predicted molar refractivity (Wildman–Crippen MR) is 59.6 cm³/mol. The number of hydrogen-bond donors (Lipinski definition) is 1. The minimum Gasteiger partial charge on any atom is -0.384 e. The first-order valence-corrected chi connectivity index (χ1v) is 5.46. The summed E-state index contributed by atoms with van der Waals surface area (Å²) in [4.78, 5) is 5.81. The molecule has 0 bridgehead atoms. The number of anilines is 2. The van der Waals surface area contributed by atoms with E-state index in [9.17, 15) is 13.2 Å². The highest BCUT2D eigenvalue weighted by molar-refractivity contribution is 5.49. The van der Waals surface area contributed by atoms with Gasteiger partial charge >= 0.3 is 6.18 Å². The van der Waals surface area contributed by atoms with Crippen LogP contribution in [-0.2, 0) is 6.18 Å². The van der Waals surface area contributed by atoms with Gasteiger partial charge in [0, 0.05) is 13.1 Å². The lowest BCUT2D eigenvalue weighted by atomic mass is 10.2. The summed E-state index contributed by atoms with van der Waals surface area (Å²) in [5.41, 5.74) is 4.68. The average molecular weight is 245 g/mol. The maximum atomic E-state index is 12.6. The molecule has 94 valence electrons. The van der Waals surface area contributed by atoms with Crippen LogP contribution in [0.1, 0.15) is 18.9 Å². The van der Waals surface area contributed by atoms with Gasteiger partial charge in [-0.15, -0.1) is 0 Å². The fourth-order valence-corrected chi connectivity index (χ4v) is 2.01.